The Hall–Kier alpha value is -2.67. The second-order valence-corrected chi connectivity index (χ2v) is 9.86. The van der Waals surface area contributed by atoms with Gasteiger partial charge in [-0.25, -0.2) is 0 Å². The Morgan fingerprint density at radius 1 is 1.03 bits per heavy atom. The standard InChI is InChI=1S/C24H27N3O3S/c28-21(25-14-20-5-2-6-30-20)18-3-1-4-19(10-18)26-23(31)27-22(29)24-11-15-7-16(12-24)9-17(8-15)13-24/h1-6,10,15-17H,7-9,11-14H2,(H,25,28)(H2,26,27,29,31). The van der Waals surface area contributed by atoms with Crippen LogP contribution in [0.2, 0.25) is 0 Å². The molecule has 6 rings (SSSR count). The summed E-state index contributed by atoms with van der Waals surface area (Å²) in [4.78, 5) is 25.6. The van der Waals surface area contributed by atoms with Crippen LogP contribution in [0.15, 0.2) is 47.1 Å². The number of carbonyl (C=O) groups excluding carboxylic acids is 2. The van der Waals surface area contributed by atoms with Gasteiger partial charge in [-0.3, -0.25) is 9.59 Å². The van der Waals surface area contributed by atoms with Crippen molar-refractivity contribution < 1.29 is 14.0 Å². The molecule has 0 spiro atoms. The lowest BCUT2D eigenvalue weighted by atomic mass is 9.49. The highest BCUT2D eigenvalue weighted by Crippen LogP contribution is 2.60. The molecule has 1 aromatic heterocycles. The summed E-state index contributed by atoms with van der Waals surface area (Å²) in [5.41, 5.74) is 0.932. The SMILES string of the molecule is O=C(NCc1ccco1)c1cccc(NC(=S)NC(=O)C23CC4CC(CC(C4)C2)C3)c1. The van der Waals surface area contributed by atoms with Crippen molar-refractivity contribution in [1.82, 2.24) is 10.6 Å². The Labute approximate surface area is 187 Å². The Bertz CT molecular complexity index is 966. The van der Waals surface area contributed by atoms with Gasteiger partial charge < -0.3 is 20.4 Å². The molecule has 4 bridgehead atoms. The van der Waals surface area contributed by atoms with E-state index in [9.17, 15) is 9.59 Å². The molecule has 3 N–H and O–H groups in total. The molecule has 0 unspecified atom stereocenters. The Balaban J connectivity index is 1.18. The van der Waals surface area contributed by atoms with Crippen LogP contribution < -0.4 is 16.0 Å². The van der Waals surface area contributed by atoms with Gasteiger partial charge in [0.25, 0.3) is 5.91 Å². The van der Waals surface area contributed by atoms with Gasteiger partial charge in [-0.1, -0.05) is 6.07 Å². The number of anilines is 1. The molecule has 162 valence electrons. The first-order valence-electron chi connectivity index (χ1n) is 11.0. The number of thiocarbonyl (C=S) groups is 1. The lowest BCUT2D eigenvalue weighted by molar-refractivity contribution is -0.144. The second-order valence-electron chi connectivity index (χ2n) is 9.45. The minimum Gasteiger partial charge on any atom is -0.467 e. The highest BCUT2D eigenvalue weighted by atomic mass is 32.1. The summed E-state index contributed by atoms with van der Waals surface area (Å²) < 4.78 is 5.24. The van der Waals surface area contributed by atoms with Crippen molar-refractivity contribution in [3.63, 3.8) is 0 Å². The summed E-state index contributed by atoms with van der Waals surface area (Å²) in [7, 11) is 0. The molecule has 4 aliphatic carbocycles. The average Bonchev–Trinajstić information content (AvgIpc) is 3.25. The van der Waals surface area contributed by atoms with Gasteiger partial charge in [0.1, 0.15) is 5.76 Å². The third-order valence-corrected chi connectivity index (χ3v) is 7.34. The van der Waals surface area contributed by atoms with Gasteiger partial charge in [-0.05, 0) is 98.8 Å². The molecule has 0 aliphatic heterocycles. The molecule has 4 fully saturated rings. The molecule has 6 nitrogen and oxygen atoms in total. The summed E-state index contributed by atoms with van der Waals surface area (Å²) in [6, 6.07) is 10.7. The lowest BCUT2D eigenvalue weighted by Crippen LogP contribution is -2.55. The van der Waals surface area contributed by atoms with E-state index in [0.29, 0.717) is 41.3 Å². The van der Waals surface area contributed by atoms with Crippen LogP contribution in [0.1, 0.15) is 54.6 Å². The van der Waals surface area contributed by atoms with Gasteiger partial charge >= 0.3 is 0 Å². The first-order chi connectivity index (χ1) is 15.0. The summed E-state index contributed by atoms with van der Waals surface area (Å²) in [5, 5.41) is 9.13. The Kier molecular flexibility index (Phi) is 5.30. The number of furan rings is 1. The first-order valence-corrected chi connectivity index (χ1v) is 11.4. The molecular formula is C24H27N3O3S. The first kappa shape index (κ1) is 20.2. The van der Waals surface area contributed by atoms with E-state index in [4.69, 9.17) is 16.6 Å². The van der Waals surface area contributed by atoms with Gasteiger partial charge in [0.2, 0.25) is 5.91 Å². The third kappa shape index (κ3) is 4.24. The van der Waals surface area contributed by atoms with Gasteiger partial charge in [0.05, 0.1) is 18.2 Å². The van der Waals surface area contributed by atoms with Crippen LogP contribution in [0.3, 0.4) is 0 Å². The molecular weight excluding hydrogens is 410 g/mol. The predicted molar refractivity (Wildman–Crippen MR) is 121 cm³/mol. The fourth-order valence-corrected chi connectivity index (χ4v) is 6.42. The van der Waals surface area contributed by atoms with Crippen molar-refractivity contribution >= 4 is 34.8 Å². The number of carbonyl (C=O) groups is 2. The van der Waals surface area contributed by atoms with Crippen LogP contribution in [0.5, 0.6) is 0 Å². The number of hydrogen-bond donors (Lipinski definition) is 3. The van der Waals surface area contributed by atoms with Crippen LogP contribution in [-0.4, -0.2) is 16.9 Å². The minimum atomic E-state index is -0.242. The maximum atomic E-state index is 13.2. The van der Waals surface area contributed by atoms with Crippen LogP contribution >= 0.6 is 12.2 Å². The van der Waals surface area contributed by atoms with E-state index in [1.165, 1.54) is 19.3 Å². The average molecular weight is 438 g/mol. The molecule has 1 aromatic carbocycles. The predicted octanol–water partition coefficient (Wildman–Crippen LogP) is 4.24. The molecule has 0 atom stereocenters. The maximum absolute atomic E-state index is 13.2. The fraction of sp³-hybridized carbons (Fsp3) is 0.458. The molecule has 4 saturated carbocycles. The van der Waals surface area contributed by atoms with Crippen molar-refractivity contribution in [2.45, 2.75) is 45.1 Å². The number of nitrogens with one attached hydrogen (secondary N) is 3. The summed E-state index contributed by atoms with van der Waals surface area (Å²) in [6.07, 6.45) is 8.46. The molecule has 0 saturated heterocycles. The molecule has 7 heteroatoms. The molecule has 2 aromatic rings. The summed E-state index contributed by atoms with van der Waals surface area (Å²) in [6.45, 7) is 0.322. The van der Waals surface area contributed by atoms with Crippen LogP contribution in [-0.2, 0) is 11.3 Å². The zero-order chi connectivity index (χ0) is 21.4. The van der Waals surface area contributed by atoms with E-state index in [1.807, 2.05) is 12.1 Å². The van der Waals surface area contributed by atoms with Crippen molar-refractivity contribution in [3.05, 3.63) is 54.0 Å². The normalized spacial score (nSPS) is 28.2. The van der Waals surface area contributed by atoms with Gasteiger partial charge in [-0.2, -0.15) is 0 Å². The number of amides is 2. The molecule has 4 aliphatic rings. The smallest absolute Gasteiger partial charge is 0.251 e. The molecule has 0 radical (unpaired) electrons. The highest BCUT2D eigenvalue weighted by molar-refractivity contribution is 7.80. The molecule has 31 heavy (non-hydrogen) atoms. The zero-order valence-corrected chi connectivity index (χ0v) is 18.2. The van der Waals surface area contributed by atoms with Crippen LogP contribution in [0, 0.1) is 23.2 Å². The van der Waals surface area contributed by atoms with E-state index in [2.05, 4.69) is 16.0 Å². The maximum Gasteiger partial charge on any atom is 0.251 e. The van der Waals surface area contributed by atoms with Crippen molar-refractivity contribution in [3.8, 4) is 0 Å². The third-order valence-electron chi connectivity index (χ3n) is 7.13. The fourth-order valence-electron chi connectivity index (χ4n) is 6.21. The van der Waals surface area contributed by atoms with E-state index in [0.717, 1.165) is 19.3 Å². The highest BCUT2D eigenvalue weighted by Gasteiger charge is 2.54. The van der Waals surface area contributed by atoms with Crippen LogP contribution in [0.25, 0.3) is 0 Å². The van der Waals surface area contributed by atoms with E-state index >= 15 is 0 Å². The Morgan fingerprint density at radius 3 is 2.39 bits per heavy atom. The van der Waals surface area contributed by atoms with E-state index in [1.54, 1.807) is 30.5 Å². The van der Waals surface area contributed by atoms with Crippen molar-refractivity contribution in [1.29, 1.82) is 0 Å². The summed E-state index contributed by atoms with van der Waals surface area (Å²) >= 11 is 5.43. The van der Waals surface area contributed by atoms with Gasteiger partial charge in [0, 0.05) is 11.3 Å². The number of rotatable bonds is 5. The summed E-state index contributed by atoms with van der Waals surface area (Å²) in [5.74, 6) is 2.66. The Morgan fingerprint density at radius 2 is 1.74 bits per heavy atom. The van der Waals surface area contributed by atoms with Crippen molar-refractivity contribution in [2.24, 2.45) is 23.2 Å². The van der Waals surface area contributed by atoms with Crippen LogP contribution in [0.4, 0.5) is 5.69 Å². The minimum absolute atomic E-state index is 0.0662. The monoisotopic (exact) mass is 437 g/mol. The van der Waals surface area contributed by atoms with Crippen molar-refractivity contribution in [2.75, 3.05) is 5.32 Å². The van der Waals surface area contributed by atoms with Gasteiger partial charge in [0.15, 0.2) is 5.11 Å². The molecule has 1 heterocycles. The molecule has 2 amide bonds. The number of hydrogen-bond acceptors (Lipinski definition) is 4. The second kappa shape index (κ2) is 8.11. The van der Waals surface area contributed by atoms with Gasteiger partial charge in [-0.15, -0.1) is 0 Å². The quantitative estimate of drug-likeness (QED) is 0.610. The largest absolute Gasteiger partial charge is 0.467 e. The number of benzene rings is 1. The topological polar surface area (TPSA) is 83.4 Å². The zero-order valence-electron chi connectivity index (χ0n) is 17.4. The van der Waals surface area contributed by atoms with E-state index in [-0.39, 0.29) is 22.3 Å². The van der Waals surface area contributed by atoms with E-state index < -0.39 is 0 Å². The lowest BCUT2D eigenvalue weighted by Gasteiger charge is -2.55.